The molecular formula is C24H21FN4O5S2. The van der Waals surface area contributed by atoms with Crippen LogP contribution in [0.15, 0.2) is 77.7 Å². The Hall–Kier alpha value is -4.03. The van der Waals surface area contributed by atoms with E-state index in [4.69, 9.17) is 9.47 Å². The second-order valence-corrected chi connectivity index (χ2v) is 10.2. The fourth-order valence-electron chi connectivity index (χ4n) is 3.29. The minimum absolute atomic E-state index is 0.101. The summed E-state index contributed by atoms with van der Waals surface area (Å²) in [7, 11) is -1.46. The first kappa shape index (κ1) is 25.1. The molecule has 0 unspecified atom stereocenters. The summed E-state index contributed by atoms with van der Waals surface area (Å²) in [6.07, 6.45) is 0. The molecule has 4 aromatic rings. The molecular weight excluding hydrogens is 507 g/mol. The molecule has 1 N–H and O–H groups in total. The summed E-state index contributed by atoms with van der Waals surface area (Å²) in [4.78, 5) is 12.8. The number of nitrogens with zero attached hydrogens (tertiary/aromatic N) is 3. The van der Waals surface area contributed by atoms with Crippen molar-refractivity contribution in [1.29, 1.82) is 0 Å². The predicted octanol–water partition coefficient (Wildman–Crippen LogP) is 4.20. The summed E-state index contributed by atoms with van der Waals surface area (Å²) in [6.45, 7) is -0.595. The number of nitrogens with one attached hydrogen (secondary N) is 1. The van der Waals surface area contributed by atoms with Crippen LogP contribution in [0.25, 0.3) is 10.6 Å². The Morgan fingerprint density at radius 1 is 0.972 bits per heavy atom. The topological polar surface area (TPSA) is 111 Å². The number of ether oxygens (including phenoxy) is 2. The lowest BCUT2D eigenvalue weighted by atomic mass is 10.2. The van der Waals surface area contributed by atoms with Gasteiger partial charge >= 0.3 is 0 Å². The van der Waals surface area contributed by atoms with Gasteiger partial charge in [-0.2, -0.15) is 0 Å². The van der Waals surface area contributed by atoms with Crippen molar-refractivity contribution in [3.8, 4) is 22.1 Å². The molecule has 36 heavy (non-hydrogen) atoms. The summed E-state index contributed by atoms with van der Waals surface area (Å²) in [6, 6.07) is 18.2. The molecule has 0 fully saturated rings. The van der Waals surface area contributed by atoms with Crippen LogP contribution in [-0.4, -0.2) is 45.3 Å². The van der Waals surface area contributed by atoms with Crippen LogP contribution >= 0.6 is 11.3 Å². The largest absolute Gasteiger partial charge is 0.493 e. The molecule has 1 amide bonds. The number of amides is 1. The van der Waals surface area contributed by atoms with E-state index in [2.05, 4.69) is 15.5 Å². The minimum atomic E-state index is -4.27. The van der Waals surface area contributed by atoms with Crippen LogP contribution in [0.1, 0.15) is 0 Å². The first-order chi connectivity index (χ1) is 17.3. The average molecular weight is 529 g/mol. The fraction of sp³-hybridized carbons (Fsp3) is 0.125. The highest BCUT2D eigenvalue weighted by Gasteiger charge is 2.29. The SMILES string of the molecule is COc1ccc(S(=O)(=O)N(CC(=O)Nc2nnc(-c3ccccc3)s2)c2ccc(F)cc2)cc1OC. The third-order valence-electron chi connectivity index (χ3n) is 5.04. The minimum Gasteiger partial charge on any atom is -0.493 e. The maximum absolute atomic E-state index is 13.6. The lowest BCUT2D eigenvalue weighted by Gasteiger charge is -2.24. The van der Waals surface area contributed by atoms with Crippen LogP contribution < -0.4 is 19.1 Å². The van der Waals surface area contributed by atoms with Crippen molar-refractivity contribution >= 4 is 38.1 Å². The van der Waals surface area contributed by atoms with Gasteiger partial charge in [0, 0.05) is 11.6 Å². The first-order valence-electron chi connectivity index (χ1n) is 10.5. The zero-order chi connectivity index (χ0) is 25.7. The van der Waals surface area contributed by atoms with Gasteiger partial charge < -0.3 is 9.47 Å². The summed E-state index contributed by atoms with van der Waals surface area (Å²) < 4.78 is 52.0. The summed E-state index contributed by atoms with van der Waals surface area (Å²) in [5.41, 5.74) is 0.933. The molecule has 9 nitrogen and oxygen atoms in total. The van der Waals surface area contributed by atoms with Crippen molar-refractivity contribution < 1.29 is 27.1 Å². The van der Waals surface area contributed by atoms with Gasteiger partial charge in [0.2, 0.25) is 11.0 Å². The lowest BCUT2D eigenvalue weighted by Crippen LogP contribution is -2.38. The third kappa shape index (κ3) is 5.44. The van der Waals surface area contributed by atoms with E-state index in [0.29, 0.717) is 10.8 Å². The van der Waals surface area contributed by atoms with Crippen molar-refractivity contribution in [1.82, 2.24) is 10.2 Å². The molecule has 0 saturated heterocycles. The highest BCUT2D eigenvalue weighted by molar-refractivity contribution is 7.92. The molecule has 0 aliphatic heterocycles. The Kier molecular flexibility index (Phi) is 7.46. The van der Waals surface area contributed by atoms with Gasteiger partial charge in [-0.1, -0.05) is 41.7 Å². The molecule has 4 rings (SSSR count). The molecule has 12 heteroatoms. The summed E-state index contributed by atoms with van der Waals surface area (Å²) in [5.74, 6) is -0.662. The Bertz CT molecular complexity index is 1460. The van der Waals surface area contributed by atoms with Gasteiger partial charge in [0.1, 0.15) is 17.4 Å². The highest BCUT2D eigenvalue weighted by atomic mass is 32.2. The van der Waals surface area contributed by atoms with Gasteiger partial charge in [-0.3, -0.25) is 14.4 Å². The van der Waals surface area contributed by atoms with Crippen molar-refractivity contribution in [3.63, 3.8) is 0 Å². The van der Waals surface area contributed by atoms with Crippen LogP contribution in [0.3, 0.4) is 0 Å². The number of hydrogen-bond donors (Lipinski definition) is 1. The van der Waals surface area contributed by atoms with Crippen LogP contribution in [0.4, 0.5) is 15.2 Å². The number of carbonyl (C=O) groups excluding carboxylic acids is 1. The van der Waals surface area contributed by atoms with E-state index in [9.17, 15) is 17.6 Å². The maximum Gasteiger partial charge on any atom is 0.264 e. The Balaban J connectivity index is 1.62. The zero-order valence-corrected chi connectivity index (χ0v) is 20.8. The second kappa shape index (κ2) is 10.7. The monoisotopic (exact) mass is 528 g/mol. The van der Waals surface area contributed by atoms with Crippen LogP contribution in [0.5, 0.6) is 11.5 Å². The van der Waals surface area contributed by atoms with E-state index in [-0.39, 0.29) is 21.5 Å². The smallest absolute Gasteiger partial charge is 0.264 e. The van der Waals surface area contributed by atoms with Crippen molar-refractivity contribution in [2.75, 3.05) is 30.4 Å². The molecule has 0 bridgehead atoms. The quantitative estimate of drug-likeness (QED) is 0.347. The number of rotatable bonds is 9. The standard InChI is InChI=1S/C24H21FN4O5S2/c1-33-20-13-12-19(14-21(20)34-2)36(31,32)29(18-10-8-17(25)9-11-18)15-22(30)26-24-28-27-23(35-24)16-6-4-3-5-7-16/h3-14H,15H2,1-2H3,(H,26,28,30). The molecule has 1 heterocycles. The van der Waals surface area contributed by atoms with Crippen molar-refractivity contribution in [2.45, 2.75) is 4.90 Å². The van der Waals surface area contributed by atoms with E-state index in [1.807, 2.05) is 30.3 Å². The number of anilines is 2. The number of aromatic nitrogens is 2. The number of hydrogen-bond acceptors (Lipinski definition) is 8. The van der Waals surface area contributed by atoms with Crippen LogP contribution in [-0.2, 0) is 14.8 Å². The molecule has 0 radical (unpaired) electrons. The summed E-state index contributed by atoms with van der Waals surface area (Å²) in [5, 5.41) is 11.4. The molecule has 1 aromatic heterocycles. The molecule has 0 aliphatic rings. The van der Waals surface area contributed by atoms with E-state index < -0.39 is 28.3 Å². The van der Waals surface area contributed by atoms with Crippen LogP contribution in [0.2, 0.25) is 0 Å². The lowest BCUT2D eigenvalue weighted by molar-refractivity contribution is -0.114. The number of sulfonamides is 1. The Morgan fingerprint density at radius 3 is 2.33 bits per heavy atom. The molecule has 0 aliphatic carbocycles. The van der Waals surface area contributed by atoms with E-state index in [1.165, 1.54) is 44.6 Å². The Labute approximate surface area is 211 Å². The molecule has 0 spiro atoms. The number of methoxy groups -OCH3 is 2. The van der Waals surface area contributed by atoms with Crippen molar-refractivity contribution in [3.05, 3.63) is 78.6 Å². The molecule has 0 saturated carbocycles. The number of carbonyl (C=O) groups is 1. The van der Waals surface area contributed by atoms with E-state index >= 15 is 0 Å². The van der Waals surface area contributed by atoms with Gasteiger partial charge in [0.05, 0.1) is 24.8 Å². The number of halogens is 1. The van der Waals surface area contributed by atoms with E-state index in [1.54, 1.807) is 0 Å². The zero-order valence-electron chi connectivity index (χ0n) is 19.2. The normalized spacial score (nSPS) is 11.1. The highest BCUT2D eigenvalue weighted by Crippen LogP contribution is 2.32. The van der Waals surface area contributed by atoms with E-state index in [0.717, 1.165) is 33.3 Å². The molecule has 0 atom stereocenters. The van der Waals surface area contributed by atoms with Gasteiger partial charge in [-0.15, -0.1) is 10.2 Å². The van der Waals surface area contributed by atoms with Crippen LogP contribution in [0, 0.1) is 5.82 Å². The molecule has 3 aromatic carbocycles. The first-order valence-corrected chi connectivity index (χ1v) is 12.8. The average Bonchev–Trinajstić information content (AvgIpc) is 3.36. The predicted molar refractivity (Wildman–Crippen MR) is 134 cm³/mol. The van der Waals surface area contributed by atoms with Gasteiger partial charge in [0.25, 0.3) is 10.0 Å². The van der Waals surface area contributed by atoms with Crippen molar-refractivity contribution in [2.24, 2.45) is 0 Å². The third-order valence-corrected chi connectivity index (χ3v) is 7.69. The number of benzene rings is 3. The van der Waals surface area contributed by atoms with Gasteiger partial charge in [-0.25, -0.2) is 12.8 Å². The summed E-state index contributed by atoms with van der Waals surface area (Å²) >= 11 is 1.15. The van der Waals surface area contributed by atoms with Gasteiger partial charge in [0.15, 0.2) is 11.5 Å². The maximum atomic E-state index is 13.6. The second-order valence-electron chi connectivity index (χ2n) is 7.33. The van der Waals surface area contributed by atoms with Gasteiger partial charge in [-0.05, 0) is 36.4 Å². The Morgan fingerprint density at radius 2 is 1.67 bits per heavy atom. The fourth-order valence-corrected chi connectivity index (χ4v) is 5.49. The molecule has 186 valence electrons.